The van der Waals surface area contributed by atoms with Crippen molar-refractivity contribution in [1.82, 2.24) is 19.7 Å². The first-order valence-corrected chi connectivity index (χ1v) is 8.33. The minimum absolute atomic E-state index is 0.0354. The third-order valence-corrected chi connectivity index (χ3v) is 3.74. The van der Waals surface area contributed by atoms with Gasteiger partial charge in [-0.1, -0.05) is 6.07 Å². The molecule has 8 heteroatoms. The van der Waals surface area contributed by atoms with Crippen LogP contribution >= 0.6 is 0 Å². The molecule has 0 radical (unpaired) electrons. The van der Waals surface area contributed by atoms with Crippen LogP contribution in [0.1, 0.15) is 37.1 Å². The number of aromatic nitrogens is 4. The largest absolute Gasteiger partial charge is 0.464 e. The number of hydrogen-bond donors (Lipinski definition) is 0. The number of hydrogen-bond acceptors (Lipinski definition) is 7. The van der Waals surface area contributed by atoms with Crippen molar-refractivity contribution >= 4 is 23.0 Å². The van der Waals surface area contributed by atoms with Crippen LogP contribution in [0, 0.1) is 6.92 Å². The molecule has 0 N–H and O–H groups in total. The van der Waals surface area contributed by atoms with Gasteiger partial charge in [-0.15, -0.1) is 0 Å². The highest BCUT2D eigenvalue weighted by atomic mass is 16.6. The van der Waals surface area contributed by atoms with Crippen molar-refractivity contribution in [1.29, 1.82) is 0 Å². The van der Waals surface area contributed by atoms with Crippen LogP contribution in [0.15, 0.2) is 30.6 Å². The molecule has 0 aliphatic rings. The van der Waals surface area contributed by atoms with Gasteiger partial charge in [0.25, 0.3) is 0 Å². The van der Waals surface area contributed by atoms with Gasteiger partial charge in [-0.3, -0.25) is 0 Å². The molecule has 0 atom stereocenters. The van der Waals surface area contributed by atoms with E-state index in [0.29, 0.717) is 16.7 Å². The van der Waals surface area contributed by atoms with E-state index in [1.54, 1.807) is 58.3 Å². The molecule has 140 valence electrons. The lowest BCUT2D eigenvalue weighted by Gasteiger charge is -2.19. The molecule has 27 heavy (non-hydrogen) atoms. The van der Waals surface area contributed by atoms with Gasteiger partial charge in [-0.05, 0) is 45.4 Å². The zero-order chi connectivity index (χ0) is 19.8. The molecule has 2 aromatic heterocycles. The van der Waals surface area contributed by atoms with Gasteiger partial charge in [0.05, 0.1) is 12.6 Å². The molecule has 0 unspecified atom stereocenters. The van der Waals surface area contributed by atoms with E-state index in [9.17, 15) is 9.59 Å². The highest BCUT2D eigenvalue weighted by Gasteiger charge is 2.25. The summed E-state index contributed by atoms with van der Waals surface area (Å²) in [7, 11) is 1.26. The summed E-state index contributed by atoms with van der Waals surface area (Å²) in [4.78, 5) is 33.0. The maximum atomic E-state index is 12.5. The zero-order valence-corrected chi connectivity index (χ0v) is 15.8. The van der Waals surface area contributed by atoms with E-state index < -0.39 is 17.7 Å². The van der Waals surface area contributed by atoms with E-state index >= 15 is 0 Å². The van der Waals surface area contributed by atoms with Gasteiger partial charge in [-0.25, -0.2) is 19.6 Å². The Hall–Kier alpha value is -3.29. The molecule has 0 amide bonds. The first-order chi connectivity index (χ1) is 12.7. The molecule has 8 nitrogen and oxygen atoms in total. The number of aryl methyl sites for hydroxylation is 1. The Labute approximate surface area is 156 Å². The highest BCUT2D eigenvalue weighted by molar-refractivity contribution is 6.05. The molecule has 0 saturated heterocycles. The molecular formula is C19H20N4O4. The van der Waals surface area contributed by atoms with Crippen LogP contribution in [0.5, 0.6) is 0 Å². The molecule has 0 fully saturated rings. The summed E-state index contributed by atoms with van der Waals surface area (Å²) >= 11 is 0. The Morgan fingerprint density at radius 1 is 1.07 bits per heavy atom. The highest BCUT2D eigenvalue weighted by Crippen LogP contribution is 2.27. The Morgan fingerprint density at radius 2 is 1.74 bits per heavy atom. The van der Waals surface area contributed by atoms with E-state index in [2.05, 4.69) is 15.1 Å². The number of nitrogens with zero attached hydrogens (tertiary/aromatic N) is 4. The first kappa shape index (κ1) is 18.5. The number of methoxy groups -OCH3 is 1. The number of esters is 1. The Balaban J connectivity index is 2.15. The molecule has 1 aromatic carbocycles. The van der Waals surface area contributed by atoms with Gasteiger partial charge in [0.1, 0.15) is 11.4 Å². The molecule has 3 rings (SSSR count). The molecule has 0 aliphatic carbocycles. The predicted octanol–water partition coefficient (Wildman–Crippen LogP) is 3.37. The summed E-state index contributed by atoms with van der Waals surface area (Å²) in [6.45, 7) is 7.07. The van der Waals surface area contributed by atoms with Gasteiger partial charge in [-0.2, -0.15) is 9.78 Å². The molecule has 0 spiro atoms. The number of ether oxygens (including phenoxy) is 2. The van der Waals surface area contributed by atoms with Crippen molar-refractivity contribution in [2.24, 2.45) is 0 Å². The lowest BCUT2D eigenvalue weighted by atomic mass is 10.1. The van der Waals surface area contributed by atoms with Crippen LogP contribution in [0.3, 0.4) is 0 Å². The monoisotopic (exact) mass is 368 g/mol. The van der Waals surface area contributed by atoms with Crippen LogP contribution in [-0.2, 0) is 9.47 Å². The van der Waals surface area contributed by atoms with Crippen molar-refractivity contribution in [2.45, 2.75) is 33.3 Å². The van der Waals surface area contributed by atoms with Gasteiger partial charge in [0.15, 0.2) is 5.69 Å². The van der Waals surface area contributed by atoms with Gasteiger partial charge in [0.2, 0.25) is 0 Å². The zero-order valence-electron chi connectivity index (χ0n) is 15.8. The second kappa shape index (κ2) is 6.79. The minimum Gasteiger partial charge on any atom is -0.464 e. The van der Waals surface area contributed by atoms with Crippen LogP contribution in [0.2, 0.25) is 0 Å². The molecule has 2 heterocycles. The summed E-state index contributed by atoms with van der Waals surface area (Å²) in [5, 5.41) is 4.61. The number of fused-ring (bicyclic) bond motifs is 1. The molecule has 0 bridgehead atoms. The van der Waals surface area contributed by atoms with Crippen molar-refractivity contribution in [3.63, 3.8) is 0 Å². The Morgan fingerprint density at radius 3 is 2.33 bits per heavy atom. The normalized spacial score (nSPS) is 11.4. The van der Waals surface area contributed by atoms with Crippen molar-refractivity contribution in [2.75, 3.05) is 7.11 Å². The summed E-state index contributed by atoms with van der Waals surface area (Å²) in [6.07, 6.45) is 2.72. The van der Waals surface area contributed by atoms with Crippen LogP contribution in [0.4, 0.5) is 4.79 Å². The fourth-order valence-corrected chi connectivity index (χ4v) is 2.53. The van der Waals surface area contributed by atoms with E-state index in [1.807, 2.05) is 0 Å². The van der Waals surface area contributed by atoms with Gasteiger partial charge in [0, 0.05) is 23.3 Å². The van der Waals surface area contributed by atoms with E-state index in [0.717, 1.165) is 15.8 Å². The molecule has 0 aliphatic heterocycles. The fraction of sp³-hybridized carbons (Fsp3) is 0.316. The van der Waals surface area contributed by atoms with Crippen molar-refractivity contribution in [3.8, 4) is 11.1 Å². The number of carbonyl (C=O) groups is 2. The standard InChI is InChI=1S/C19H20N4O4/c1-11-20-9-13(10-21-11)12-6-7-15-14(8-12)16(17(24)26-5)22-23(15)18(25)27-19(2,3)4/h6-10H,1-5H3. The number of benzene rings is 1. The summed E-state index contributed by atoms with van der Waals surface area (Å²) in [6, 6.07) is 5.26. The third-order valence-electron chi connectivity index (χ3n) is 3.74. The summed E-state index contributed by atoms with van der Waals surface area (Å²) < 4.78 is 11.3. The SMILES string of the molecule is COC(=O)c1nn(C(=O)OC(C)(C)C)c2ccc(-c3cnc(C)nc3)cc12. The van der Waals surface area contributed by atoms with Crippen molar-refractivity contribution < 1.29 is 19.1 Å². The van der Waals surface area contributed by atoms with E-state index in [1.165, 1.54) is 7.11 Å². The van der Waals surface area contributed by atoms with Gasteiger partial charge < -0.3 is 9.47 Å². The smallest absolute Gasteiger partial charge is 0.435 e. The lowest BCUT2D eigenvalue weighted by Crippen LogP contribution is -2.27. The second-order valence-corrected chi connectivity index (χ2v) is 6.98. The maximum absolute atomic E-state index is 12.5. The van der Waals surface area contributed by atoms with Gasteiger partial charge >= 0.3 is 12.1 Å². The quantitative estimate of drug-likeness (QED) is 0.640. The lowest BCUT2D eigenvalue weighted by molar-refractivity contribution is 0.0519. The van der Waals surface area contributed by atoms with E-state index in [-0.39, 0.29) is 5.69 Å². The average Bonchev–Trinajstić information content (AvgIpc) is 2.99. The van der Waals surface area contributed by atoms with Crippen LogP contribution in [0.25, 0.3) is 22.0 Å². The summed E-state index contributed by atoms with van der Waals surface area (Å²) in [5.74, 6) is 0.0208. The third kappa shape index (κ3) is 3.79. The van der Waals surface area contributed by atoms with Crippen molar-refractivity contribution in [3.05, 3.63) is 42.1 Å². The number of carbonyl (C=O) groups excluding carboxylic acids is 2. The molecular weight excluding hydrogens is 348 g/mol. The summed E-state index contributed by atoms with van der Waals surface area (Å²) in [5.41, 5.74) is 1.36. The second-order valence-electron chi connectivity index (χ2n) is 6.98. The Kier molecular flexibility index (Phi) is 4.65. The first-order valence-electron chi connectivity index (χ1n) is 8.33. The minimum atomic E-state index is -0.694. The number of rotatable bonds is 2. The maximum Gasteiger partial charge on any atom is 0.435 e. The predicted molar refractivity (Wildman–Crippen MR) is 98.5 cm³/mol. The van der Waals surface area contributed by atoms with E-state index in [4.69, 9.17) is 9.47 Å². The Bertz CT molecular complexity index is 1020. The molecule has 3 aromatic rings. The van der Waals surface area contributed by atoms with Crippen LogP contribution < -0.4 is 0 Å². The molecule has 0 saturated carbocycles. The fourth-order valence-electron chi connectivity index (χ4n) is 2.53. The van der Waals surface area contributed by atoms with Crippen LogP contribution in [-0.4, -0.2) is 44.5 Å². The topological polar surface area (TPSA) is 96.2 Å². The average molecular weight is 368 g/mol.